The van der Waals surface area contributed by atoms with Crippen LogP contribution in [0.25, 0.3) is 0 Å². The molecule has 112 valence electrons. The van der Waals surface area contributed by atoms with Crippen molar-refractivity contribution in [1.29, 1.82) is 0 Å². The van der Waals surface area contributed by atoms with E-state index in [-0.39, 0.29) is 24.1 Å². The summed E-state index contributed by atoms with van der Waals surface area (Å²) >= 11 is 0. The lowest BCUT2D eigenvalue weighted by Crippen LogP contribution is -2.41. The number of likely N-dealkylation sites (tertiary alicyclic amines) is 1. The first-order chi connectivity index (χ1) is 9.37. The maximum absolute atomic E-state index is 12.3. The molecule has 0 bridgehead atoms. The number of hydrogen-bond acceptors (Lipinski definition) is 4. The highest BCUT2D eigenvalue weighted by atomic mass is 32.2. The van der Waals surface area contributed by atoms with E-state index >= 15 is 0 Å². The molecule has 1 aliphatic heterocycles. The third-order valence-corrected chi connectivity index (χ3v) is 4.69. The second-order valence-corrected chi connectivity index (χ2v) is 7.89. The zero-order chi connectivity index (χ0) is 14.8. The molecule has 1 saturated heterocycles. The molecule has 0 saturated carbocycles. The van der Waals surface area contributed by atoms with Gasteiger partial charge in [0.25, 0.3) is 0 Å². The standard InChI is InChI=1S/C14H21NO4S/c1-11-5-7-15(14(16)6-9-20(2,17)18)12(10-11)13-4-3-8-19-13/h3-4,8,11-12H,5-7,9-10H2,1-2H3/t11-,12-/m0/s1. The normalized spacial score (nSPS) is 23.8. The monoisotopic (exact) mass is 299 g/mol. The van der Waals surface area contributed by atoms with Crippen molar-refractivity contribution >= 4 is 15.7 Å². The number of amides is 1. The molecule has 2 rings (SSSR count). The molecule has 2 heterocycles. The molecule has 0 N–H and O–H groups in total. The number of carbonyl (C=O) groups excluding carboxylic acids is 1. The molecule has 0 aliphatic carbocycles. The molecule has 0 unspecified atom stereocenters. The molecule has 0 radical (unpaired) electrons. The number of nitrogens with zero attached hydrogens (tertiary/aromatic N) is 1. The Morgan fingerprint density at radius 2 is 2.25 bits per heavy atom. The minimum absolute atomic E-state index is 0.0461. The van der Waals surface area contributed by atoms with Crippen LogP contribution in [-0.2, 0) is 14.6 Å². The molecular weight excluding hydrogens is 278 g/mol. The molecule has 1 aromatic heterocycles. The van der Waals surface area contributed by atoms with Crippen LogP contribution in [0.4, 0.5) is 0 Å². The van der Waals surface area contributed by atoms with Gasteiger partial charge in [-0.15, -0.1) is 0 Å². The Labute approximate surface area is 119 Å². The highest BCUT2D eigenvalue weighted by molar-refractivity contribution is 7.90. The fourth-order valence-electron chi connectivity index (χ4n) is 2.61. The number of sulfone groups is 1. The van der Waals surface area contributed by atoms with Crippen molar-refractivity contribution in [3.8, 4) is 0 Å². The fraction of sp³-hybridized carbons (Fsp3) is 0.643. The SMILES string of the molecule is C[C@H]1CCN(C(=O)CCS(C)(=O)=O)[C@H](c2ccco2)C1. The van der Waals surface area contributed by atoms with Gasteiger partial charge in [-0.05, 0) is 30.9 Å². The van der Waals surface area contributed by atoms with Crippen molar-refractivity contribution in [2.75, 3.05) is 18.6 Å². The molecule has 1 amide bonds. The van der Waals surface area contributed by atoms with Crippen LogP contribution in [0.2, 0.25) is 0 Å². The summed E-state index contributed by atoms with van der Waals surface area (Å²) in [5.74, 6) is 1.11. The Morgan fingerprint density at radius 1 is 1.50 bits per heavy atom. The first kappa shape index (κ1) is 15.1. The van der Waals surface area contributed by atoms with Crippen LogP contribution in [0.5, 0.6) is 0 Å². The van der Waals surface area contributed by atoms with Crippen molar-refractivity contribution in [2.45, 2.75) is 32.2 Å². The fourth-order valence-corrected chi connectivity index (χ4v) is 3.15. The Bertz CT molecular complexity index is 550. The summed E-state index contributed by atoms with van der Waals surface area (Å²) in [6.45, 7) is 2.82. The van der Waals surface area contributed by atoms with E-state index in [0.717, 1.165) is 24.9 Å². The summed E-state index contributed by atoms with van der Waals surface area (Å²) in [7, 11) is -3.11. The number of furan rings is 1. The third kappa shape index (κ3) is 3.85. The van der Waals surface area contributed by atoms with E-state index in [1.807, 2.05) is 12.1 Å². The van der Waals surface area contributed by atoms with Crippen molar-refractivity contribution in [3.63, 3.8) is 0 Å². The lowest BCUT2D eigenvalue weighted by atomic mass is 9.91. The first-order valence-electron chi connectivity index (χ1n) is 6.87. The van der Waals surface area contributed by atoms with Crippen LogP contribution >= 0.6 is 0 Å². The van der Waals surface area contributed by atoms with Crippen LogP contribution in [-0.4, -0.2) is 37.8 Å². The topological polar surface area (TPSA) is 67.6 Å². The molecule has 5 nitrogen and oxygen atoms in total. The molecule has 2 atom stereocenters. The van der Waals surface area contributed by atoms with E-state index in [4.69, 9.17) is 4.42 Å². The summed E-state index contributed by atoms with van der Waals surface area (Å²) in [4.78, 5) is 14.0. The van der Waals surface area contributed by atoms with Gasteiger partial charge < -0.3 is 9.32 Å². The zero-order valence-corrected chi connectivity index (χ0v) is 12.7. The van der Waals surface area contributed by atoms with Gasteiger partial charge in [0.15, 0.2) is 0 Å². The van der Waals surface area contributed by atoms with Gasteiger partial charge in [0.05, 0.1) is 18.1 Å². The molecule has 0 aromatic carbocycles. The van der Waals surface area contributed by atoms with Gasteiger partial charge in [-0.2, -0.15) is 0 Å². The van der Waals surface area contributed by atoms with Crippen LogP contribution in [0.15, 0.2) is 22.8 Å². The summed E-state index contributed by atoms with van der Waals surface area (Å²) in [6, 6.07) is 3.62. The predicted molar refractivity (Wildman–Crippen MR) is 75.9 cm³/mol. The summed E-state index contributed by atoms with van der Waals surface area (Å²) in [6.07, 6.45) is 4.61. The van der Waals surface area contributed by atoms with Gasteiger partial charge in [-0.1, -0.05) is 6.92 Å². The van der Waals surface area contributed by atoms with Gasteiger partial charge in [0.2, 0.25) is 5.91 Å². The average molecular weight is 299 g/mol. The van der Waals surface area contributed by atoms with Gasteiger partial charge in [-0.3, -0.25) is 4.79 Å². The quantitative estimate of drug-likeness (QED) is 0.853. The van der Waals surface area contributed by atoms with Crippen LogP contribution in [0.3, 0.4) is 0 Å². The summed E-state index contributed by atoms with van der Waals surface area (Å²) in [5.41, 5.74) is 0. The van der Waals surface area contributed by atoms with Crippen LogP contribution < -0.4 is 0 Å². The number of carbonyl (C=O) groups is 1. The van der Waals surface area contributed by atoms with Gasteiger partial charge >= 0.3 is 0 Å². The van der Waals surface area contributed by atoms with Gasteiger partial charge in [0.1, 0.15) is 15.6 Å². The van der Waals surface area contributed by atoms with Gasteiger partial charge in [0, 0.05) is 19.2 Å². The summed E-state index contributed by atoms with van der Waals surface area (Å²) in [5, 5.41) is 0. The average Bonchev–Trinajstić information content (AvgIpc) is 2.88. The molecular formula is C14H21NO4S. The Kier molecular flexibility index (Phi) is 4.52. The minimum atomic E-state index is -3.11. The summed E-state index contributed by atoms with van der Waals surface area (Å²) < 4.78 is 27.8. The molecule has 1 aliphatic rings. The smallest absolute Gasteiger partial charge is 0.224 e. The largest absolute Gasteiger partial charge is 0.467 e. The lowest BCUT2D eigenvalue weighted by molar-refractivity contribution is -0.135. The Hall–Kier alpha value is -1.30. The van der Waals surface area contributed by atoms with E-state index in [9.17, 15) is 13.2 Å². The van der Waals surface area contributed by atoms with Crippen molar-refractivity contribution in [2.24, 2.45) is 5.92 Å². The van der Waals surface area contributed by atoms with Crippen molar-refractivity contribution in [1.82, 2.24) is 4.90 Å². The number of hydrogen-bond donors (Lipinski definition) is 0. The molecule has 20 heavy (non-hydrogen) atoms. The van der Waals surface area contributed by atoms with Crippen molar-refractivity contribution in [3.05, 3.63) is 24.2 Å². The van der Waals surface area contributed by atoms with Crippen LogP contribution in [0, 0.1) is 5.92 Å². The molecule has 1 aromatic rings. The molecule has 1 fully saturated rings. The zero-order valence-electron chi connectivity index (χ0n) is 11.9. The van der Waals surface area contributed by atoms with Crippen LogP contribution in [0.1, 0.15) is 38.0 Å². The highest BCUT2D eigenvalue weighted by Crippen LogP contribution is 2.34. The van der Waals surface area contributed by atoms with E-state index in [1.165, 1.54) is 0 Å². The van der Waals surface area contributed by atoms with E-state index in [2.05, 4.69) is 6.92 Å². The Morgan fingerprint density at radius 3 is 2.85 bits per heavy atom. The molecule has 6 heteroatoms. The van der Waals surface area contributed by atoms with E-state index < -0.39 is 9.84 Å². The Balaban J connectivity index is 2.09. The maximum atomic E-state index is 12.3. The van der Waals surface area contributed by atoms with Gasteiger partial charge in [-0.25, -0.2) is 8.42 Å². The minimum Gasteiger partial charge on any atom is -0.467 e. The highest BCUT2D eigenvalue weighted by Gasteiger charge is 2.32. The maximum Gasteiger partial charge on any atom is 0.224 e. The van der Waals surface area contributed by atoms with Crippen molar-refractivity contribution < 1.29 is 17.6 Å². The predicted octanol–water partition coefficient (Wildman–Crippen LogP) is 2.01. The third-order valence-electron chi connectivity index (χ3n) is 3.74. The lowest BCUT2D eigenvalue weighted by Gasteiger charge is -2.37. The second kappa shape index (κ2) is 5.99. The van der Waals surface area contributed by atoms with E-state index in [0.29, 0.717) is 12.5 Å². The second-order valence-electron chi connectivity index (χ2n) is 5.63. The number of piperidine rings is 1. The molecule has 0 spiro atoms. The van der Waals surface area contributed by atoms with E-state index in [1.54, 1.807) is 11.2 Å². The number of rotatable bonds is 4. The first-order valence-corrected chi connectivity index (χ1v) is 8.93.